The Morgan fingerprint density at radius 2 is 1.63 bits per heavy atom. The Kier molecular flexibility index (Phi) is 12.3. The predicted octanol–water partition coefficient (Wildman–Crippen LogP) is 7.45. The Morgan fingerprint density at radius 3 is 2.20 bits per heavy atom. The van der Waals surface area contributed by atoms with Crippen LogP contribution in [0.1, 0.15) is 119 Å². The zero-order valence-electron chi connectivity index (χ0n) is 21.2. The monoisotopic (exact) mass is 421 g/mol. The van der Waals surface area contributed by atoms with E-state index in [9.17, 15) is 4.79 Å². The molecular formula is C27H51NO2. The summed E-state index contributed by atoms with van der Waals surface area (Å²) in [4.78, 5) is 12.2. The summed E-state index contributed by atoms with van der Waals surface area (Å²) in [5.41, 5.74) is 1.72. The molecule has 0 spiro atoms. The predicted molar refractivity (Wildman–Crippen MR) is 130 cm³/mol. The fraction of sp³-hybridized carbons (Fsp3) is 0.889. The van der Waals surface area contributed by atoms with Gasteiger partial charge in [0.25, 0.3) is 0 Å². The van der Waals surface area contributed by atoms with Crippen LogP contribution in [0.2, 0.25) is 0 Å². The van der Waals surface area contributed by atoms with Crippen LogP contribution in [-0.2, 0) is 9.53 Å². The van der Waals surface area contributed by atoms with Gasteiger partial charge in [0.05, 0.1) is 6.61 Å². The first-order valence-electron chi connectivity index (χ1n) is 12.7. The molecule has 1 saturated carbocycles. The van der Waals surface area contributed by atoms with Crippen LogP contribution in [0, 0.1) is 16.7 Å². The van der Waals surface area contributed by atoms with Gasteiger partial charge in [-0.05, 0) is 37.6 Å². The van der Waals surface area contributed by atoms with Crippen LogP contribution >= 0.6 is 0 Å². The van der Waals surface area contributed by atoms with Gasteiger partial charge in [-0.2, -0.15) is 0 Å². The summed E-state index contributed by atoms with van der Waals surface area (Å²) in [6.07, 6.45) is 16.7. The highest BCUT2D eigenvalue weighted by atomic mass is 16.5. The third-order valence-corrected chi connectivity index (χ3v) is 6.58. The van der Waals surface area contributed by atoms with Crippen molar-refractivity contribution in [3.8, 4) is 0 Å². The van der Waals surface area contributed by atoms with Gasteiger partial charge in [0.1, 0.15) is 0 Å². The van der Waals surface area contributed by atoms with Gasteiger partial charge in [-0.25, -0.2) is 0 Å². The molecule has 0 aromatic rings. The molecule has 1 rings (SSSR count). The Hall–Kier alpha value is -0.830. The summed E-state index contributed by atoms with van der Waals surface area (Å²) in [7, 11) is 2.06. The van der Waals surface area contributed by atoms with E-state index >= 15 is 0 Å². The summed E-state index contributed by atoms with van der Waals surface area (Å²) in [6.45, 7) is 14.2. The largest absolute Gasteiger partial charge is 0.465 e. The maximum absolute atomic E-state index is 12.2. The van der Waals surface area contributed by atoms with Crippen LogP contribution in [0.15, 0.2) is 11.6 Å². The van der Waals surface area contributed by atoms with Gasteiger partial charge < -0.3 is 10.1 Å². The minimum atomic E-state index is -0.131. The topological polar surface area (TPSA) is 38.3 Å². The van der Waals surface area contributed by atoms with E-state index < -0.39 is 0 Å². The molecule has 3 heteroatoms. The lowest BCUT2D eigenvalue weighted by molar-refractivity contribution is -0.146. The number of nitrogens with one attached hydrogen (secondary N) is 1. The molecule has 1 N–H and O–H groups in total. The molecule has 0 saturated heterocycles. The number of ether oxygens (including phenoxy) is 1. The van der Waals surface area contributed by atoms with E-state index in [0.29, 0.717) is 30.4 Å². The van der Waals surface area contributed by atoms with Crippen molar-refractivity contribution in [3.05, 3.63) is 11.6 Å². The first-order valence-corrected chi connectivity index (χ1v) is 12.7. The smallest absolute Gasteiger partial charge is 0.305 e. The van der Waals surface area contributed by atoms with Crippen molar-refractivity contribution in [2.45, 2.75) is 125 Å². The molecule has 0 aromatic heterocycles. The number of rotatable bonds is 14. The van der Waals surface area contributed by atoms with Gasteiger partial charge in [-0.1, -0.05) is 105 Å². The summed E-state index contributed by atoms with van der Waals surface area (Å²) in [5, 5.41) is 3.51. The lowest BCUT2D eigenvalue weighted by atomic mass is 9.67. The molecule has 1 fully saturated rings. The van der Waals surface area contributed by atoms with Crippen molar-refractivity contribution in [2.24, 2.45) is 16.7 Å². The summed E-state index contributed by atoms with van der Waals surface area (Å²) < 4.78 is 5.66. The summed E-state index contributed by atoms with van der Waals surface area (Å²) in [6, 6.07) is 0.417. The maximum Gasteiger partial charge on any atom is 0.305 e. The number of likely N-dealkylation sites (N-methyl/N-ethyl adjacent to an activating group) is 1. The van der Waals surface area contributed by atoms with Crippen molar-refractivity contribution >= 4 is 5.97 Å². The molecule has 0 radical (unpaired) electrons. The average molecular weight is 422 g/mol. The van der Waals surface area contributed by atoms with Crippen LogP contribution in [0.25, 0.3) is 0 Å². The highest BCUT2D eigenvalue weighted by molar-refractivity contribution is 5.69. The van der Waals surface area contributed by atoms with Gasteiger partial charge in [0, 0.05) is 17.9 Å². The SMILES string of the molecule is CCCCCCCCCCCC(=O)OCC(C)(C)C=C1C(C)CC(C)(C)CC1NC. The third-order valence-electron chi connectivity index (χ3n) is 6.58. The van der Waals surface area contributed by atoms with Crippen molar-refractivity contribution in [1.82, 2.24) is 5.32 Å². The van der Waals surface area contributed by atoms with E-state index in [1.165, 1.54) is 56.9 Å². The van der Waals surface area contributed by atoms with Crippen LogP contribution in [-0.4, -0.2) is 25.7 Å². The summed E-state index contributed by atoms with van der Waals surface area (Å²) >= 11 is 0. The standard InChI is InChI=1S/C27H51NO2/c1-8-9-10-11-12-13-14-15-16-17-25(29)30-21-27(5,6)19-23-22(2)18-26(3,4)20-24(23)28-7/h19,22,24,28H,8-18,20-21H2,1-7H3. The van der Waals surface area contributed by atoms with E-state index in [4.69, 9.17) is 4.74 Å². The van der Waals surface area contributed by atoms with Crippen molar-refractivity contribution in [2.75, 3.05) is 13.7 Å². The summed E-state index contributed by atoms with van der Waals surface area (Å²) in [5.74, 6) is 0.524. The highest BCUT2D eigenvalue weighted by Gasteiger charge is 2.36. The molecule has 1 aliphatic carbocycles. The molecular weight excluding hydrogens is 370 g/mol. The number of unbranched alkanes of at least 4 members (excludes halogenated alkanes) is 8. The quantitative estimate of drug-likeness (QED) is 0.180. The minimum Gasteiger partial charge on any atom is -0.465 e. The molecule has 2 unspecified atom stereocenters. The van der Waals surface area contributed by atoms with E-state index in [-0.39, 0.29) is 11.4 Å². The minimum absolute atomic E-state index is 0.0348. The molecule has 0 aromatic carbocycles. The number of esters is 1. The van der Waals surface area contributed by atoms with E-state index in [2.05, 4.69) is 60.0 Å². The Bertz CT molecular complexity index is 521. The van der Waals surface area contributed by atoms with E-state index in [0.717, 1.165) is 19.3 Å². The normalized spacial score (nSPS) is 23.0. The first kappa shape index (κ1) is 27.2. The number of carbonyl (C=O) groups is 1. The fourth-order valence-electron chi connectivity index (χ4n) is 4.97. The van der Waals surface area contributed by atoms with Gasteiger partial charge in [-0.3, -0.25) is 4.79 Å². The second kappa shape index (κ2) is 13.6. The number of hydrogen-bond acceptors (Lipinski definition) is 3. The van der Waals surface area contributed by atoms with Crippen LogP contribution < -0.4 is 5.32 Å². The highest BCUT2D eigenvalue weighted by Crippen LogP contribution is 2.42. The Balaban J connectivity index is 2.33. The number of carbonyl (C=O) groups excluding carboxylic acids is 1. The Labute approximate surface area is 187 Å². The Morgan fingerprint density at radius 1 is 1.07 bits per heavy atom. The van der Waals surface area contributed by atoms with E-state index in [1.54, 1.807) is 0 Å². The van der Waals surface area contributed by atoms with Crippen LogP contribution in [0.3, 0.4) is 0 Å². The molecule has 2 atom stereocenters. The molecule has 0 amide bonds. The van der Waals surface area contributed by atoms with Gasteiger partial charge in [0.15, 0.2) is 0 Å². The maximum atomic E-state index is 12.2. The third kappa shape index (κ3) is 11.0. The molecule has 1 aliphatic rings. The van der Waals surface area contributed by atoms with Gasteiger partial charge in [-0.15, -0.1) is 0 Å². The molecule has 0 heterocycles. The number of hydrogen-bond donors (Lipinski definition) is 1. The van der Waals surface area contributed by atoms with Crippen LogP contribution in [0.5, 0.6) is 0 Å². The van der Waals surface area contributed by atoms with Crippen LogP contribution in [0.4, 0.5) is 0 Å². The van der Waals surface area contributed by atoms with Gasteiger partial charge in [0.2, 0.25) is 0 Å². The fourth-order valence-corrected chi connectivity index (χ4v) is 4.97. The first-order chi connectivity index (χ1) is 14.1. The van der Waals surface area contributed by atoms with Crippen molar-refractivity contribution < 1.29 is 9.53 Å². The molecule has 30 heavy (non-hydrogen) atoms. The average Bonchev–Trinajstić information content (AvgIpc) is 2.66. The van der Waals surface area contributed by atoms with E-state index in [1.807, 2.05) is 0 Å². The molecule has 3 nitrogen and oxygen atoms in total. The van der Waals surface area contributed by atoms with Crippen molar-refractivity contribution in [3.63, 3.8) is 0 Å². The second-order valence-corrected chi connectivity index (χ2v) is 11.2. The molecule has 0 aliphatic heterocycles. The zero-order valence-corrected chi connectivity index (χ0v) is 21.2. The molecule has 0 bridgehead atoms. The lowest BCUT2D eigenvalue weighted by Crippen LogP contribution is -2.41. The van der Waals surface area contributed by atoms with Gasteiger partial charge >= 0.3 is 5.97 Å². The van der Waals surface area contributed by atoms with Crippen molar-refractivity contribution in [1.29, 1.82) is 0 Å². The second-order valence-electron chi connectivity index (χ2n) is 11.2. The molecule has 176 valence electrons. The zero-order chi connectivity index (χ0) is 22.6. The lowest BCUT2D eigenvalue weighted by Gasteiger charge is -2.42.